The number of carbonyl (C=O) groups is 1. The summed E-state index contributed by atoms with van der Waals surface area (Å²) < 4.78 is 0. The van der Waals surface area contributed by atoms with Gasteiger partial charge in [0.15, 0.2) is 0 Å². The number of benzene rings is 1. The molecule has 1 aromatic rings. The van der Waals surface area contributed by atoms with E-state index in [4.69, 9.17) is 11.5 Å². The first-order valence-electron chi connectivity index (χ1n) is 3.82. The fraction of sp³-hybridized carbons (Fsp3) is 0.222. The Hall–Kier alpha value is -1.03. The summed E-state index contributed by atoms with van der Waals surface area (Å²) in [4.78, 5) is 10.7. The van der Waals surface area contributed by atoms with Crippen LogP contribution in [0, 0.1) is 0 Å². The molecule has 0 aromatic heterocycles. The molecule has 0 saturated carbocycles. The highest BCUT2D eigenvalue weighted by Crippen LogP contribution is 2.32. The number of hydrogen-bond acceptors (Lipinski definition) is 3. The van der Waals surface area contributed by atoms with Gasteiger partial charge in [0, 0.05) is 16.9 Å². The largest absolute Gasteiger partial charge is 0.398 e. The lowest BCUT2D eigenvalue weighted by Crippen LogP contribution is -2.07. The van der Waals surface area contributed by atoms with Crippen molar-refractivity contribution in [2.24, 2.45) is 0 Å². The van der Waals surface area contributed by atoms with Crippen molar-refractivity contribution >= 4 is 33.1 Å². The van der Waals surface area contributed by atoms with Gasteiger partial charge in [0.05, 0.1) is 0 Å². The predicted octanol–water partition coefficient (Wildman–Crippen LogP) is 1.88. The Bertz CT molecular complexity index is 318. The molecule has 1 atom stereocenters. The molecule has 1 unspecified atom stereocenters. The van der Waals surface area contributed by atoms with E-state index in [1.165, 1.54) is 6.92 Å². The Morgan fingerprint density at radius 1 is 1.38 bits per heavy atom. The average Bonchev–Trinajstić information content (AvgIpc) is 2.03. The second-order valence-corrected chi connectivity index (χ2v) is 3.74. The van der Waals surface area contributed by atoms with Gasteiger partial charge in [-0.25, -0.2) is 0 Å². The molecule has 0 aliphatic carbocycles. The molecular formula is C9H11BrN2O. The molecule has 70 valence electrons. The van der Waals surface area contributed by atoms with Crippen LogP contribution in [0.2, 0.25) is 0 Å². The fourth-order valence-corrected chi connectivity index (χ4v) is 1.63. The van der Waals surface area contributed by atoms with E-state index in [9.17, 15) is 4.79 Å². The topological polar surface area (TPSA) is 69.1 Å². The average molecular weight is 243 g/mol. The van der Waals surface area contributed by atoms with E-state index < -0.39 is 4.83 Å². The van der Waals surface area contributed by atoms with Crippen LogP contribution in [0.1, 0.15) is 17.3 Å². The van der Waals surface area contributed by atoms with Crippen molar-refractivity contribution in [2.75, 3.05) is 11.5 Å². The number of anilines is 2. The number of Topliss-reactive ketones (excluding diaryl/α,β-unsaturated/α-hetero) is 1. The maximum Gasteiger partial charge on any atom is 0.148 e. The number of rotatable bonds is 2. The van der Waals surface area contributed by atoms with Crippen LogP contribution in [0.25, 0.3) is 0 Å². The van der Waals surface area contributed by atoms with Gasteiger partial charge in [-0.1, -0.05) is 22.0 Å². The quantitative estimate of drug-likeness (QED) is 0.615. The van der Waals surface area contributed by atoms with E-state index in [-0.39, 0.29) is 5.78 Å². The number of ketones is 1. The molecule has 1 aromatic carbocycles. The molecule has 0 spiro atoms. The smallest absolute Gasteiger partial charge is 0.148 e. The van der Waals surface area contributed by atoms with Gasteiger partial charge >= 0.3 is 0 Å². The number of alkyl halides is 1. The van der Waals surface area contributed by atoms with Crippen LogP contribution in [0.15, 0.2) is 18.2 Å². The molecule has 0 aliphatic rings. The standard InChI is InChI=1S/C9H11BrN2O/c1-5(13)9(10)8-6(11)3-2-4-7(8)12/h2-4,9H,11-12H2,1H3. The van der Waals surface area contributed by atoms with Gasteiger partial charge in [0.25, 0.3) is 0 Å². The maximum absolute atomic E-state index is 11.1. The molecule has 0 heterocycles. The maximum atomic E-state index is 11.1. The third kappa shape index (κ3) is 2.01. The molecule has 4 N–H and O–H groups in total. The minimum atomic E-state index is -0.409. The van der Waals surface area contributed by atoms with Crippen LogP contribution in [0.5, 0.6) is 0 Å². The molecular weight excluding hydrogens is 232 g/mol. The molecule has 0 amide bonds. The van der Waals surface area contributed by atoms with Crippen molar-refractivity contribution in [1.29, 1.82) is 0 Å². The first-order chi connectivity index (χ1) is 6.04. The van der Waals surface area contributed by atoms with E-state index in [2.05, 4.69) is 15.9 Å². The third-order valence-corrected chi connectivity index (χ3v) is 2.89. The predicted molar refractivity (Wildman–Crippen MR) is 57.6 cm³/mol. The fourth-order valence-electron chi connectivity index (χ4n) is 1.10. The van der Waals surface area contributed by atoms with E-state index in [0.29, 0.717) is 16.9 Å². The lowest BCUT2D eigenvalue weighted by Gasteiger charge is -2.12. The molecule has 13 heavy (non-hydrogen) atoms. The molecule has 0 saturated heterocycles. The van der Waals surface area contributed by atoms with Gasteiger partial charge in [-0.05, 0) is 19.1 Å². The molecule has 1 rings (SSSR count). The summed E-state index contributed by atoms with van der Waals surface area (Å²) in [7, 11) is 0. The Balaban J connectivity index is 3.20. The highest BCUT2D eigenvalue weighted by Gasteiger charge is 2.17. The van der Waals surface area contributed by atoms with E-state index in [1.54, 1.807) is 18.2 Å². The monoisotopic (exact) mass is 242 g/mol. The van der Waals surface area contributed by atoms with Crippen molar-refractivity contribution in [3.8, 4) is 0 Å². The number of nitrogens with two attached hydrogens (primary N) is 2. The normalized spacial score (nSPS) is 12.5. The van der Waals surface area contributed by atoms with Crippen LogP contribution < -0.4 is 11.5 Å². The minimum Gasteiger partial charge on any atom is -0.398 e. The number of carbonyl (C=O) groups excluding carboxylic acids is 1. The summed E-state index contributed by atoms with van der Waals surface area (Å²) in [5.41, 5.74) is 13.1. The zero-order chi connectivity index (χ0) is 10.0. The van der Waals surface area contributed by atoms with Crippen LogP contribution >= 0.6 is 15.9 Å². The van der Waals surface area contributed by atoms with Crippen LogP contribution in [0.3, 0.4) is 0 Å². The van der Waals surface area contributed by atoms with Crippen molar-refractivity contribution < 1.29 is 4.79 Å². The zero-order valence-electron chi connectivity index (χ0n) is 7.25. The molecule has 0 aliphatic heterocycles. The SMILES string of the molecule is CC(=O)C(Br)c1c(N)cccc1N. The van der Waals surface area contributed by atoms with Gasteiger partial charge in [0.1, 0.15) is 10.6 Å². The van der Waals surface area contributed by atoms with Gasteiger partial charge in [-0.15, -0.1) is 0 Å². The first kappa shape index (κ1) is 10.1. The number of nitrogen functional groups attached to an aromatic ring is 2. The molecule has 4 heteroatoms. The van der Waals surface area contributed by atoms with Gasteiger partial charge in [-0.3, -0.25) is 4.79 Å². The van der Waals surface area contributed by atoms with Gasteiger partial charge in [-0.2, -0.15) is 0 Å². The van der Waals surface area contributed by atoms with Crippen molar-refractivity contribution in [3.05, 3.63) is 23.8 Å². The molecule has 3 nitrogen and oxygen atoms in total. The van der Waals surface area contributed by atoms with Crippen molar-refractivity contribution in [3.63, 3.8) is 0 Å². The highest BCUT2D eigenvalue weighted by molar-refractivity contribution is 9.09. The van der Waals surface area contributed by atoms with Crippen LogP contribution in [-0.4, -0.2) is 5.78 Å². The van der Waals surface area contributed by atoms with Crippen molar-refractivity contribution in [1.82, 2.24) is 0 Å². The minimum absolute atomic E-state index is 0.00963. The first-order valence-corrected chi connectivity index (χ1v) is 4.74. The van der Waals surface area contributed by atoms with Gasteiger partial charge in [0.2, 0.25) is 0 Å². The number of halogens is 1. The molecule has 0 radical (unpaired) electrons. The highest BCUT2D eigenvalue weighted by atomic mass is 79.9. The molecule has 0 fully saturated rings. The van der Waals surface area contributed by atoms with Gasteiger partial charge < -0.3 is 11.5 Å². The Morgan fingerprint density at radius 3 is 2.23 bits per heavy atom. The van der Waals surface area contributed by atoms with Crippen LogP contribution in [0.4, 0.5) is 11.4 Å². The van der Waals surface area contributed by atoms with E-state index in [0.717, 1.165) is 0 Å². The Morgan fingerprint density at radius 2 is 1.85 bits per heavy atom. The zero-order valence-corrected chi connectivity index (χ0v) is 8.84. The van der Waals surface area contributed by atoms with Crippen LogP contribution in [-0.2, 0) is 4.79 Å². The third-order valence-electron chi connectivity index (χ3n) is 1.78. The lowest BCUT2D eigenvalue weighted by atomic mass is 10.1. The summed E-state index contributed by atoms with van der Waals surface area (Å²) in [6.45, 7) is 1.49. The summed E-state index contributed by atoms with van der Waals surface area (Å²) in [5, 5.41) is 0. The second kappa shape index (κ2) is 3.79. The summed E-state index contributed by atoms with van der Waals surface area (Å²) in [6.07, 6.45) is 0. The Labute approximate surface area is 85.2 Å². The van der Waals surface area contributed by atoms with E-state index >= 15 is 0 Å². The summed E-state index contributed by atoms with van der Waals surface area (Å²) in [5.74, 6) is -0.00963. The number of hydrogen-bond donors (Lipinski definition) is 2. The van der Waals surface area contributed by atoms with Crippen molar-refractivity contribution in [2.45, 2.75) is 11.8 Å². The summed E-state index contributed by atoms with van der Waals surface area (Å²) in [6, 6.07) is 5.21. The Kier molecular flexibility index (Phi) is 2.93. The lowest BCUT2D eigenvalue weighted by molar-refractivity contribution is -0.116. The second-order valence-electron chi connectivity index (χ2n) is 2.82. The molecule has 0 bridgehead atoms. The van der Waals surface area contributed by atoms with E-state index in [1.807, 2.05) is 0 Å². The summed E-state index contributed by atoms with van der Waals surface area (Å²) >= 11 is 3.24.